The van der Waals surface area contributed by atoms with Gasteiger partial charge in [-0.05, 0) is 29.9 Å². The second kappa shape index (κ2) is 4.21. The van der Waals surface area contributed by atoms with Crippen molar-refractivity contribution in [2.45, 2.75) is 31.7 Å². The van der Waals surface area contributed by atoms with E-state index in [1.54, 1.807) is 6.08 Å². The summed E-state index contributed by atoms with van der Waals surface area (Å²) in [5.74, 6) is 0.702. The van der Waals surface area contributed by atoms with Gasteiger partial charge in [-0.15, -0.1) is 0 Å². The molecule has 0 bridgehead atoms. The summed E-state index contributed by atoms with van der Waals surface area (Å²) in [6.07, 6.45) is 5.48. The summed E-state index contributed by atoms with van der Waals surface area (Å²) in [5, 5.41) is 0. The van der Waals surface area contributed by atoms with Gasteiger partial charge in [0.05, 0.1) is 6.54 Å². The Morgan fingerprint density at radius 1 is 1.36 bits per heavy atom. The summed E-state index contributed by atoms with van der Waals surface area (Å²) in [6.45, 7) is 0.482. The van der Waals surface area contributed by atoms with Gasteiger partial charge in [-0.2, -0.15) is 0 Å². The fraction of sp³-hybridized carbons (Fsp3) is 0.417. The first-order valence-electron chi connectivity index (χ1n) is 5.03. The predicted molar refractivity (Wildman–Crippen MR) is 54.9 cm³/mol. The molecule has 0 heterocycles. The van der Waals surface area contributed by atoms with Gasteiger partial charge in [-0.3, -0.25) is 0 Å². The van der Waals surface area contributed by atoms with Crippen molar-refractivity contribution in [2.24, 2.45) is 4.99 Å². The van der Waals surface area contributed by atoms with Crippen molar-refractivity contribution in [3.63, 3.8) is 0 Å². The molecule has 1 aromatic rings. The Labute approximate surface area is 83.7 Å². The quantitative estimate of drug-likeness (QED) is 0.528. The molecule has 0 atom stereocenters. The van der Waals surface area contributed by atoms with Crippen LogP contribution in [0.4, 0.5) is 0 Å². The summed E-state index contributed by atoms with van der Waals surface area (Å²) in [6, 6.07) is 8.26. The van der Waals surface area contributed by atoms with Gasteiger partial charge in [0, 0.05) is 0 Å². The molecule has 1 saturated carbocycles. The van der Waals surface area contributed by atoms with Crippen LogP contribution in [0.25, 0.3) is 0 Å². The minimum absolute atomic E-state index is 0.482. The summed E-state index contributed by atoms with van der Waals surface area (Å²) < 4.78 is 0. The Morgan fingerprint density at radius 2 is 2.14 bits per heavy atom. The van der Waals surface area contributed by atoms with Gasteiger partial charge < -0.3 is 0 Å². The van der Waals surface area contributed by atoms with E-state index in [2.05, 4.69) is 23.2 Å². The molecule has 0 saturated heterocycles. The van der Waals surface area contributed by atoms with Crippen LogP contribution >= 0.6 is 0 Å². The van der Waals surface area contributed by atoms with Crippen LogP contribution in [-0.4, -0.2) is 6.08 Å². The Bertz CT molecular complexity index is 362. The number of hydrogen-bond donors (Lipinski definition) is 0. The first-order valence-corrected chi connectivity index (χ1v) is 5.03. The zero-order chi connectivity index (χ0) is 9.80. The summed E-state index contributed by atoms with van der Waals surface area (Å²) in [7, 11) is 0. The molecule has 0 aliphatic heterocycles. The maximum absolute atomic E-state index is 10.1. The van der Waals surface area contributed by atoms with E-state index in [4.69, 9.17) is 0 Å². The van der Waals surface area contributed by atoms with E-state index in [0.29, 0.717) is 12.5 Å². The average Bonchev–Trinajstić information content (AvgIpc) is 2.14. The number of hydrogen-bond acceptors (Lipinski definition) is 2. The Kier molecular flexibility index (Phi) is 2.76. The molecule has 2 nitrogen and oxygen atoms in total. The number of benzene rings is 1. The number of nitrogens with zero attached hydrogens (tertiary/aromatic N) is 1. The van der Waals surface area contributed by atoms with E-state index >= 15 is 0 Å². The van der Waals surface area contributed by atoms with E-state index in [9.17, 15) is 4.79 Å². The fourth-order valence-corrected chi connectivity index (χ4v) is 1.91. The smallest absolute Gasteiger partial charge is 0.211 e. The van der Waals surface area contributed by atoms with Crippen molar-refractivity contribution in [3.8, 4) is 0 Å². The lowest BCUT2D eigenvalue weighted by atomic mass is 9.78. The fourth-order valence-electron chi connectivity index (χ4n) is 1.91. The maximum Gasteiger partial charge on any atom is 0.235 e. The molecule has 1 aliphatic carbocycles. The third-order valence-electron chi connectivity index (χ3n) is 2.91. The van der Waals surface area contributed by atoms with Crippen LogP contribution in [0.3, 0.4) is 0 Å². The molecule has 1 fully saturated rings. The monoisotopic (exact) mass is 187 g/mol. The molecule has 72 valence electrons. The molecule has 2 heteroatoms. The van der Waals surface area contributed by atoms with Crippen LogP contribution in [0.1, 0.15) is 36.3 Å². The van der Waals surface area contributed by atoms with E-state index in [-0.39, 0.29) is 0 Å². The topological polar surface area (TPSA) is 29.4 Å². The zero-order valence-corrected chi connectivity index (χ0v) is 8.07. The Hall–Kier alpha value is -1.40. The first-order chi connectivity index (χ1) is 6.92. The van der Waals surface area contributed by atoms with Crippen LogP contribution in [0, 0.1) is 0 Å². The zero-order valence-electron chi connectivity index (χ0n) is 8.07. The van der Waals surface area contributed by atoms with Gasteiger partial charge in [0.25, 0.3) is 0 Å². The van der Waals surface area contributed by atoms with Gasteiger partial charge in [0.2, 0.25) is 6.08 Å². The molecule has 2 rings (SSSR count). The van der Waals surface area contributed by atoms with E-state index < -0.39 is 0 Å². The van der Waals surface area contributed by atoms with E-state index in [0.717, 1.165) is 0 Å². The van der Waals surface area contributed by atoms with Crippen LogP contribution in [-0.2, 0) is 11.3 Å². The van der Waals surface area contributed by atoms with Gasteiger partial charge in [0.15, 0.2) is 0 Å². The van der Waals surface area contributed by atoms with Gasteiger partial charge >= 0.3 is 0 Å². The van der Waals surface area contributed by atoms with E-state index in [1.165, 1.54) is 30.4 Å². The lowest BCUT2D eigenvalue weighted by Gasteiger charge is -2.27. The summed E-state index contributed by atoms with van der Waals surface area (Å²) >= 11 is 0. The molecule has 0 amide bonds. The standard InChI is InChI=1S/C12H13NO/c14-9-13-8-11-4-1-2-7-12(11)10-5-3-6-10/h1-2,4,7,10H,3,5-6,8H2. The molecule has 0 unspecified atom stereocenters. The lowest BCUT2D eigenvalue weighted by Crippen LogP contribution is -2.10. The number of carbonyl (C=O) groups excluding carboxylic acids is 1. The third-order valence-corrected chi connectivity index (χ3v) is 2.91. The normalized spacial score (nSPS) is 15.7. The van der Waals surface area contributed by atoms with Crippen LogP contribution < -0.4 is 0 Å². The molecule has 1 aromatic carbocycles. The minimum atomic E-state index is 0.482. The largest absolute Gasteiger partial charge is 0.235 e. The number of isocyanates is 1. The second-order valence-corrected chi connectivity index (χ2v) is 3.73. The number of aliphatic imine (C=N–C) groups is 1. The Morgan fingerprint density at radius 3 is 2.79 bits per heavy atom. The second-order valence-electron chi connectivity index (χ2n) is 3.73. The van der Waals surface area contributed by atoms with Crippen molar-refractivity contribution < 1.29 is 4.79 Å². The molecular formula is C12H13NO. The lowest BCUT2D eigenvalue weighted by molar-refractivity contribution is 0.417. The minimum Gasteiger partial charge on any atom is -0.211 e. The van der Waals surface area contributed by atoms with Crippen molar-refractivity contribution >= 4 is 6.08 Å². The number of rotatable bonds is 3. The highest BCUT2D eigenvalue weighted by Crippen LogP contribution is 2.37. The summed E-state index contributed by atoms with van der Waals surface area (Å²) in [4.78, 5) is 13.7. The third kappa shape index (κ3) is 1.75. The highest BCUT2D eigenvalue weighted by Gasteiger charge is 2.21. The van der Waals surface area contributed by atoms with Crippen molar-refractivity contribution in [1.82, 2.24) is 0 Å². The van der Waals surface area contributed by atoms with Gasteiger partial charge in [-0.25, -0.2) is 9.79 Å². The molecule has 0 radical (unpaired) electrons. The van der Waals surface area contributed by atoms with Gasteiger partial charge in [-0.1, -0.05) is 30.7 Å². The maximum atomic E-state index is 10.1. The molecule has 14 heavy (non-hydrogen) atoms. The molecule has 0 spiro atoms. The Balaban J connectivity index is 2.23. The highest BCUT2D eigenvalue weighted by atomic mass is 16.1. The first kappa shape index (κ1) is 9.17. The molecular weight excluding hydrogens is 174 g/mol. The SMILES string of the molecule is O=C=NCc1ccccc1C1CCC1. The molecule has 0 N–H and O–H groups in total. The molecule has 1 aliphatic rings. The van der Waals surface area contributed by atoms with Crippen LogP contribution in [0.2, 0.25) is 0 Å². The molecule has 0 aromatic heterocycles. The predicted octanol–water partition coefficient (Wildman–Crippen LogP) is 2.79. The van der Waals surface area contributed by atoms with Crippen LogP contribution in [0.5, 0.6) is 0 Å². The van der Waals surface area contributed by atoms with Crippen molar-refractivity contribution in [2.75, 3.05) is 0 Å². The summed E-state index contributed by atoms with van der Waals surface area (Å²) in [5.41, 5.74) is 2.55. The van der Waals surface area contributed by atoms with Crippen molar-refractivity contribution in [1.29, 1.82) is 0 Å². The van der Waals surface area contributed by atoms with Gasteiger partial charge in [0.1, 0.15) is 0 Å². The average molecular weight is 187 g/mol. The van der Waals surface area contributed by atoms with Crippen LogP contribution in [0.15, 0.2) is 29.3 Å². The van der Waals surface area contributed by atoms with Crippen molar-refractivity contribution in [3.05, 3.63) is 35.4 Å². The highest BCUT2D eigenvalue weighted by molar-refractivity contribution is 5.36. The van der Waals surface area contributed by atoms with E-state index in [1.807, 2.05) is 6.07 Å².